The average molecular weight is 620 g/mol. The van der Waals surface area contributed by atoms with Crippen molar-refractivity contribution in [1.82, 2.24) is 19.4 Å². The van der Waals surface area contributed by atoms with Crippen LogP contribution in [-0.2, 0) is 20.1 Å². The van der Waals surface area contributed by atoms with Crippen molar-refractivity contribution in [3.8, 4) is 11.1 Å². The van der Waals surface area contributed by atoms with Gasteiger partial charge in [0.05, 0.1) is 11.3 Å². The van der Waals surface area contributed by atoms with Gasteiger partial charge in [-0.3, -0.25) is 9.56 Å². The van der Waals surface area contributed by atoms with Crippen molar-refractivity contribution in [3.05, 3.63) is 127 Å². The van der Waals surface area contributed by atoms with Gasteiger partial charge in [0.25, 0.3) is 0 Å². The molecule has 0 saturated carbocycles. The van der Waals surface area contributed by atoms with Crippen molar-refractivity contribution >= 4 is 17.6 Å². The van der Waals surface area contributed by atoms with Crippen LogP contribution in [0.4, 0.5) is 11.5 Å². The second-order valence-electron chi connectivity index (χ2n) is 7.98. The molecule has 6 heteroatoms. The summed E-state index contributed by atoms with van der Waals surface area (Å²) < 4.78 is 2.24. The molecule has 7 rings (SSSR count). The normalized spacial score (nSPS) is 16.3. The molecule has 5 nitrogen and oxygen atoms in total. The molecule has 1 atom stereocenters. The maximum Gasteiger partial charge on any atom is 3.00 e. The Morgan fingerprint density at radius 1 is 0.882 bits per heavy atom. The van der Waals surface area contributed by atoms with Crippen LogP contribution in [-0.4, -0.2) is 21.9 Å². The molecule has 166 valence electrons. The Morgan fingerprint density at radius 3 is 2.47 bits per heavy atom. The number of anilines is 1. The molecule has 3 aliphatic rings. The molecule has 4 aromatic rings. The van der Waals surface area contributed by atoms with E-state index in [-0.39, 0.29) is 26.1 Å². The van der Waals surface area contributed by atoms with E-state index in [0.29, 0.717) is 0 Å². The monoisotopic (exact) mass is 620 g/mol. The van der Waals surface area contributed by atoms with Gasteiger partial charge in [0.1, 0.15) is 12.2 Å². The minimum atomic E-state index is 0. The molecule has 0 saturated heterocycles. The van der Waals surface area contributed by atoms with Gasteiger partial charge < -0.3 is 9.80 Å². The molecule has 3 aliphatic heterocycles. The molecule has 2 aromatic heterocycles. The molecule has 0 amide bonds. The van der Waals surface area contributed by atoms with Crippen LogP contribution >= 0.6 is 0 Å². The van der Waals surface area contributed by atoms with Gasteiger partial charge in [-0.15, -0.1) is 23.0 Å². The van der Waals surface area contributed by atoms with Crippen LogP contribution < -0.4 is 20.1 Å². The first kappa shape index (κ1) is 22.2. The largest absolute Gasteiger partial charge is 3.00 e. The summed E-state index contributed by atoms with van der Waals surface area (Å²) in [6.07, 6.45) is 11.3. The summed E-state index contributed by atoms with van der Waals surface area (Å²) in [5, 5.41) is 2.27. The number of hydrogen-bond donors (Lipinski definition) is 0. The standard InChI is InChI=1S/C18H11N3.C10H10N2.Ir/c1-2-8-15-12(5-1)11-16-17-13(6-3-9-19-17)14-7-4-10-20-18(14)21(15)16;1-11-7-8-12(9-11)10-5-3-2-4-6-10;/h1-10,16H;2-5,7-9H,1H3;/q;-2;+3. The van der Waals surface area contributed by atoms with Crippen molar-refractivity contribution in [2.24, 2.45) is 0 Å². The van der Waals surface area contributed by atoms with Crippen LogP contribution in [0.2, 0.25) is 0 Å². The first-order chi connectivity index (χ1) is 16.3. The Labute approximate surface area is 212 Å². The summed E-state index contributed by atoms with van der Waals surface area (Å²) in [7, 11) is 2.00. The maximum absolute atomic E-state index is 4.62. The topological polar surface area (TPSA) is 35.3 Å². The van der Waals surface area contributed by atoms with E-state index in [9.17, 15) is 0 Å². The summed E-state index contributed by atoms with van der Waals surface area (Å²) in [4.78, 5) is 13.3. The van der Waals surface area contributed by atoms with E-state index in [4.69, 9.17) is 0 Å². The number of benzene rings is 2. The minimum Gasteiger partial charge on any atom is -0.510 e. The fourth-order valence-electron chi connectivity index (χ4n) is 4.38. The van der Waals surface area contributed by atoms with Crippen LogP contribution in [0.25, 0.3) is 17.2 Å². The second-order valence-corrected chi connectivity index (χ2v) is 7.98. The Hall–Kier alpha value is -3.60. The molecular formula is C28H21IrN5+. The fourth-order valence-corrected chi connectivity index (χ4v) is 4.38. The van der Waals surface area contributed by atoms with Gasteiger partial charge in [0.2, 0.25) is 0 Å². The predicted molar refractivity (Wildman–Crippen MR) is 129 cm³/mol. The third kappa shape index (κ3) is 3.85. The zero-order chi connectivity index (χ0) is 22.2. The number of nitrogens with zero attached hydrogens (tertiary/aromatic N) is 5. The Morgan fingerprint density at radius 2 is 1.68 bits per heavy atom. The van der Waals surface area contributed by atoms with Gasteiger partial charge in [0.15, 0.2) is 0 Å². The molecule has 0 bridgehead atoms. The average Bonchev–Trinajstić information content (AvgIpc) is 3.49. The molecule has 2 aromatic carbocycles. The van der Waals surface area contributed by atoms with E-state index in [1.54, 1.807) is 0 Å². The summed E-state index contributed by atoms with van der Waals surface area (Å²) in [6.45, 7) is 2.01. The van der Waals surface area contributed by atoms with Crippen molar-refractivity contribution in [3.63, 3.8) is 0 Å². The molecular weight excluding hydrogens is 599 g/mol. The van der Waals surface area contributed by atoms with Crippen molar-refractivity contribution < 1.29 is 20.1 Å². The number of fused-ring (bicyclic) bond motifs is 7. The molecule has 5 heterocycles. The maximum atomic E-state index is 4.62. The number of pyridine rings is 2. The van der Waals surface area contributed by atoms with Gasteiger partial charge in [-0.05, 0) is 37.6 Å². The number of rotatable bonds is 1. The summed E-state index contributed by atoms with van der Waals surface area (Å²) >= 11 is 0. The van der Waals surface area contributed by atoms with Crippen LogP contribution in [0.1, 0.15) is 11.7 Å². The van der Waals surface area contributed by atoms with Crippen LogP contribution in [0.15, 0.2) is 97.6 Å². The summed E-state index contributed by atoms with van der Waals surface area (Å²) in [5.41, 5.74) is 4.41. The van der Waals surface area contributed by atoms with Gasteiger partial charge in [-0.25, -0.2) is 0 Å². The number of para-hydroxylation sites is 2. The minimum absolute atomic E-state index is 0. The first-order valence-electron chi connectivity index (χ1n) is 10.8. The Balaban J connectivity index is 0.000000159. The van der Waals surface area contributed by atoms with Gasteiger partial charge in [-0.2, -0.15) is 43.1 Å². The molecule has 0 N–H and O–H groups in total. The van der Waals surface area contributed by atoms with Crippen molar-refractivity contribution in [2.75, 3.05) is 11.9 Å². The van der Waals surface area contributed by atoms with E-state index < -0.39 is 0 Å². The number of hydrogen-bond acceptors (Lipinski definition) is 4. The van der Waals surface area contributed by atoms with Gasteiger partial charge in [0, 0.05) is 17.1 Å². The number of aromatic nitrogens is 2. The van der Waals surface area contributed by atoms with E-state index in [1.807, 2.05) is 90.8 Å². The molecule has 0 spiro atoms. The predicted octanol–water partition coefficient (Wildman–Crippen LogP) is 3.52. The molecule has 1 unspecified atom stereocenters. The molecule has 0 aliphatic carbocycles. The van der Waals surface area contributed by atoms with E-state index >= 15 is 0 Å². The van der Waals surface area contributed by atoms with Crippen LogP contribution in [0, 0.1) is 12.7 Å². The third-order valence-corrected chi connectivity index (χ3v) is 5.86. The summed E-state index contributed by atoms with van der Waals surface area (Å²) in [5.74, 6) is 0.987. The van der Waals surface area contributed by atoms with Crippen molar-refractivity contribution in [2.45, 2.75) is 6.04 Å². The SMILES string of the molecule is CN1C=CN(c2[c-]cccc2)[CH-]1.[C-]1=c2ccccc2=[N+]2c3ncccc3-c3cccnc3C12.[Ir+3]. The molecule has 0 fully saturated rings. The summed E-state index contributed by atoms with van der Waals surface area (Å²) in [6, 6.07) is 27.6. The first-order valence-corrected chi connectivity index (χ1v) is 10.8. The fraction of sp³-hybridized carbons (Fsp3) is 0.0714. The van der Waals surface area contributed by atoms with E-state index in [0.717, 1.165) is 38.9 Å². The quantitative estimate of drug-likeness (QED) is 0.242. The zero-order valence-corrected chi connectivity index (χ0v) is 20.9. The van der Waals surface area contributed by atoms with Crippen LogP contribution in [0.5, 0.6) is 0 Å². The van der Waals surface area contributed by atoms with Gasteiger partial charge >= 0.3 is 25.9 Å². The second kappa shape index (κ2) is 9.33. The third-order valence-electron chi connectivity index (χ3n) is 5.86. The van der Waals surface area contributed by atoms with E-state index in [2.05, 4.69) is 57.0 Å². The Bertz CT molecular complexity index is 1480. The smallest absolute Gasteiger partial charge is 0.510 e. The zero-order valence-electron chi connectivity index (χ0n) is 18.5. The van der Waals surface area contributed by atoms with Gasteiger partial charge in [-0.1, -0.05) is 23.2 Å². The molecule has 34 heavy (non-hydrogen) atoms. The van der Waals surface area contributed by atoms with Crippen LogP contribution in [0.3, 0.4) is 0 Å². The van der Waals surface area contributed by atoms with Crippen molar-refractivity contribution in [1.29, 1.82) is 0 Å². The molecule has 0 radical (unpaired) electrons. The van der Waals surface area contributed by atoms with E-state index in [1.165, 1.54) is 0 Å². The Kier molecular flexibility index (Phi) is 6.10.